The van der Waals surface area contributed by atoms with Crippen molar-refractivity contribution in [3.63, 3.8) is 0 Å². The van der Waals surface area contributed by atoms with E-state index < -0.39 is 11.6 Å². The van der Waals surface area contributed by atoms with E-state index in [9.17, 15) is 9.90 Å². The van der Waals surface area contributed by atoms with Gasteiger partial charge in [0, 0.05) is 5.54 Å². The second-order valence-corrected chi connectivity index (χ2v) is 6.35. The van der Waals surface area contributed by atoms with Gasteiger partial charge in [0.2, 0.25) is 0 Å². The molecular weight excluding hydrogens is 272 g/mol. The minimum absolute atomic E-state index is 0.464. The molecule has 0 atom stereocenters. The smallest absolute Gasteiger partial charge is 0.412 e. The normalized spacial score (nSPS) is 11.3. The van der Waals surface area contributed by atoms with Crippen LogP contribution in [-0.2, 0) is 0 Å². The van der Waals surface area contributed by atoms with Gasteiger partial charge in [-0.3, -0.25) is 4.90 Å². The lowest BCUT2D eigenvalue weighted by molar-refractivity contribution is 0.195. The highest BCUT2D eigenvalue weighted by Crippen LogP contribution is 2.33. The highest BCUT2D eigenvalue weighted by Gasteiger charge is 2.29. The molecule has 0 saturated heterocycles. The molecule has 0 aliphatic carbocycles. The van der Waals surface area contributed by atoms with Gasteiger partial charge in [-0.2, -0.15) is 11.3 Å². The zero-order chi connectivity index (χ0) is 14.9. The summed E-state index contributed by atoms with van der Waals surface area (Å²) in [6.07, 6.45) is -1.01. The van der Waals surface area contributed by atoms with E-state index in [1.807, 2.05) is 49.7 Å². The van der Waals surface area contributed by atoms with E-state index in [-0.39, 0.29) is 0 Å². The molecule has 0 radical (unpaired) electrons. The summed E-state index contributed by atoms with van der Waals surface area (Å²) in [7, 11) is 0. The van der Waals surface area contributed by atoms with Gasteiger partial charge in [0.05, 0.1) is 11.4 Å². The first-order valence-corrected chi connectivity index (χ1v) is 7.20. The summed E-state index contributed by atoms with van der Waals surface area (Å²) in [6, 6.07) is 7.49. The Balaban J connectivity index is 2.46. The Morgan fingerprint density at radius 1 is 1.25 bits per heavy atom. The van der Waals surface area contributed by atoms with Crippen molar-refractivity contribution in [1.29, 1.82) is 0 Å². The maximum atomic E-state index is 11.5. The molecule has 1 aromatic carbocycles. The molecule has 0 unspecified atom stereocenters. The minimum Gasteiger partial charge on any atom is -0.465 e. The predicted octanol–water partition coefficient (Wildman–Crippen LogP) is 4.28. The van der Waals surface area contributed by atoms with Gasteiger partial charge < -0.3 is 10.8 Å². The third-order valence-electron chi connectivity index (χ3n) is 2.99. The molecular formula is C15H18N2O2S. The first kappa shape index (κ1) is 14.4. The van der Waals surface area contributed by atoms with E-state index >= 15 is 0 Å². The molecule has 0 aliphatic rings. The Labute approximate surface area is 122 Å². The first-order chi connectivity index (χ1) is 9.30. The largest absolute Gasteiger partial charge is 0.465 e. The zero-order valence-corrected chi connectivity index (χ0v) is 12.6. The van der Waals surface area contributed by atoms with E-state index in [2.05, 4.69) is 0 Å². The Morgan fingerprint density at radius 3 is 2.40 bits per heavy atom. The Kier molecular flexibility index (Phi) is 3.72. The second-order valence-electron chi connectivity index (χ2n) is 5.57. The Morgan fingerprint density at radius 2 is 1.95 bits per heavy atom. The van der Waals surface area contributed by atoms with Crippen molar-refractivity contribution >= 4 is 28.8 Å². The van der Waals surface area contributed by atoms with E-state index in [0.29, 0.717) is 11.4 Å². The van der Waals surface area contributed by atoms with Crippen LogP contribution in [0.3, 0.4) is 0 Å². The summed E-state index contributed by atoms with van der Waals surface area (Å²) in [5.74, 6) is 0. The molecule has 4 nitrogen and oxygen atoms in total. The first-order valence-electron chi connectivity index (χ1n) is 6.26. The lowest BCUT2D eigenvalue weighted by Crippen LogP contribution is -2.45. The molecule has 1 heterocycles. The fraction of sp³-hybridized carbons (Fsp3) is 0.267. The van der Waals surface area contributed by atoms with E-state index in [1.54, 1.807) is 17.4 Å². The number of rotatable bonds is 2. The van der Waals surface area contributed by atoms with Crippen LogP contribution in [0.15, 0.2) is 35.0 Å². The van der Waals surface area contributed by atoms with Gasteiger partial charge in [0.25, 0.3) is 0 Å². The number of nitrogens with two attached hydrogens (primary N) is 1. The number of hydrogen-bond donors (Lipinski definition) is 2. The van der Waals surface area contributed by atoms with Crippen molar-refractivity contribution < 1.29 is 9.90 Å². The lowest BCUT2D eigenvalue weighted by atomic mass is 10.0. The predicted molar refractivity (Wildman–Crippen MR) is 84.4 cm³/mol. The van der Waals surface area contributed by atoms with Crippen molar-refractivity contribution in [3.05, 3.63) is 35.0 Å². The molecule has 0 fully saturated rings. The van der Waals surface area contributed by atoms with Crippen LogP contribution in [0, 0.1) is 0 Å². The highest BCUT2D eigenvalue weighted by molar-refractivity contribution is 7.08. The molecule has 5 heteroatoms. The lowest BCUT2D eigenvalue weighted by Gasteiger charge is -2.34. The molecule has 2 aromatic rings. The van der Waals surface area contributed by atoms with Gasteiger partial charge in [-0.1, -0.05) is 6.07 Å². The maximum Gasteiger partial charge on any atom is 0.412 e. The van der Waals surface area contributed by atoms with E-state index in [1.165, 1.54) is 4.90 Å². The summed E-state index contributed by atoms with van der Waals surface area (Å²) < 4.78 is 0. The van der Waals surface area contributed by atoms with Gasteiger partial charge in [0.1, 0.15) is 0 Å². The number of amides is 1. The zero-order valence-electron chi connectivity index (χ0n) is 11.8. The standard InChI is InChI=1S/C15H18N2O2S/c1-15(2,3)17(14(18)19)13-5-4-10(8-12(13)16)11-6-7-20-9-11/h4-9H,16H2,1-3H3,(H,18,19). The molecule has 0 bridgehead atoms. The monoisotopic (exact) mass is 290 g/mol. The van der Waals surface area contributed by atoms with Gasteiger partial charge in [-0.25, -0.2) is 4.79 Å². The van der Waals surface area contributed by atoms with Crippen molar-refractivity contribution in [3.8, 4) is 11.1 Å². The van der Waals surface area contributed by atoms with Crippen LogP contribution in [0.5, 0.6) is 0 Å². The fourth-order valence-corrected chi connectivity index (χ4v) is 2.78. The van der Waals surface area contributed by atoms with Crippen LogP contribution in [0.1, 0.15) is 20.8 Å². The fourth-order valence-electron chi connectivity index (χ4n) is 2.12. The number of nitrogen functional groups attached to an aromatic ring is 1. The summed E-state index contributed by atoms with van der Waals surface area (Å²) >= 11 is 1.61. The molecule has 0 saturated carbocycles. The molecule has 3 N–H and O–H groups in total. The summed E-state index contributed by atoms with van der Waals surface area (Å²) in [5.41, 5.74) is 8.57. The van der Waals surface area contributed by atoms with Gasteiger partial charge >= 0.3 is 6.09 Å². The molecule has 20 heavy (non-hydrogen) atoms. The molecule has 1 amide bonds. The van der Waals surface area contributed by atoms with Crippen molar-refractivity contribution in [2.45, 2.75) is 26.3 Å². The van der Waals surface area contributed by atoms with E-state index in [0.717, 1.165) is 11.1 Å². The van der Waals surface area contributed by atoms with Crippen LogP contribution < -0.4 is 10.6 Å². The number of hydrogen-bond acceptors (Lipinski definition) is 3. The topological polar surface area (TPSA) is 66.6 Å². The van der Waals surface area contributed by atoms with Crippen LogP contribution in [-0.4, -0.2) is 16.7 Å². The minimum atomic E-state index is -1.01. The van der Waals surface area contributed by atoms with E-state index in [4.69, 9.17) is 5.73 Å². The van der Waals surface area contributed by atoms with Crippen molar-refractivity contribution in [2.24, 2.45) is 0 Å². The van der Waals surface area contributed by atoms with Crippen LogP contribution in [0.4, 0.5) is 16.2 Å². The maximum absolute atomic E-state index is 11.5. The summed E-state index contributed by atoms with van der Waals surface area (Å²) in [4.78, 5) is 12.8. The number of nitrogens with zero attached hydrogens (tertiary/aromatic N) is 1. The summed E-state index contributed by atoms with van der Waals surface area (Å²) in [6.45, 7) is 5.52. The SMILES string of the molecule is CC(C)(C)N(C(=O)O)c1ccc(-c2ccsc2)cc1N. The quantitative estimate of drug-likeness (QED) is 0.811. The number of anilines is 2. The van der Waals surface area contributed by atoms with Crippen molar-refractivity contribution in [1.82, 2.24) is 0 Å². The molecule has 1 aromatic heterocycles. The van der Waals surface area contributed by atoms with Gasteiger partial charge in [-0.05, 0) is 60.9 Å². The molecule has 106 valence electrons. The third kappa shape index (κ3) is 2.77. The van der Waals surface area contributed by atoms with Crippen LogP contribution in [0.25, 0.3) is 11.1 Å². The second kappa shape index (κ2) is 5.17. The highest BCUT2D eigenvalue weighted by atomic mass is 32.1. The van der Waals surface area contributed by atoms with Gasteiger partial charge in [0.15, 0.2) is 0 Å². The average molecular weight is 290 g/mol. The van der Waals surface area contributed by atoms with Crippen molar-refractivity contribution in [2.75, 3.05) is 10.6 Å². The van der Waals surface area contributed by atoms with Crippen LogP contribution in [0.2, 0.25) is 0 Å². The Bertz CT molecular complexity index is 615. The average Bonchev–Trinajstić information content (AvgIpc) is 2.82. The number of carboxylic acid groups (broad SMARTS) is 1. The number of carbonyl (C=O) groups is 1. The number of benzene rings is 1. The molecule has 2 rings (SSSR count). The third-order valence-corrected chi connectivity index (χ3v) is 3.67. The summed E-state index contributed by atoms with van der Waals surface area (Å²) in [5, 5.41) is 13.4. The Hall–Kier alpha value is -2.01. The van der Waals surface area contributed by atoms with Crippen LogP contribution >= 0.6 is 11.3 Å². The molecule has 0 aliphatic heterocycles. The molecule has 0 spiro atoms. The number of thiophene rings is 1. The van der Waals surface area contributed by atoms with Gasteiger partial charge in [-0.15, -0.1) is 0 Å².